The smallest absolute Gasteiger partial charge is 0.407 e. The van der Waals surface area contributed by atoms with Crippen molar-refractivity contribution in [3.05, 3.63) is 48.3 Å². The minimum absolute atomic E-state index is 0.392. The zero-order valence-corrected chi connectivity index (χ0v) is 15.8. The lowest BCUT2D eigenvalue weighted by atomic mass is 9.91. The average Bonchev–Trinajstić information content (AvgIpc) is 2.63. The number of amides is 1. The van der Waals surface area contributed by atoms with Crippen LogP contribution in [-0.4, -0.2) is 59.4 Å². The lowest BCUT2D eigenvalue weighted by Crippen LogP contribution is -2.57. The first-order valence-corrected chi connectivity index (χ1v) is 10.6. The van der Waals surface area contributed by atoms with Crippen molar-refractivity contribution in [1.82, 2.24) is 19.6 Å². The Kier molecular flexibility index (Phi) is 5.71. The molecule has 0 aliphatic carbocycles. The van der Waals surface area contributed by atoms with Crippen molar-refractivity contribution in [1.29, 1.82) is 0 Å². The van der Waals surface area contributed by atoms with E-state index in [0.717, 1.165) is 17.4 Å². The van der Waals surface area contributed by atoms with Crippen LogP contribution in [0.2, 0.25) is 0 Å². The molecule has 2 atom stereocenters. The van der Waals surface area contributed by atoms with Gasteiger partial charge in [0.1, 0.15) is 0 Å². The van der Waals surface area contributed by atoms with E-state index in [2.05, 4.69) is 14.7 Å². The molecule has 1 aromatic heterocycles. The first-order valence-electron chi connectivity index (χ1n) is 8.67. The Hall–Kier alpha value is -2.52. The number of likely N-dealkylation sites (tertiary alicyclic amines) is 1. The monoisotopic (exact) mass is 390 g/mol. The molecule has 1 aliphatic heterocycles. The van der Waals surface area contributed by atoms with E-state index in [4.69, 9.17) is 0 Å². The highest BCUT2D eigenvalue weighted by Gasteiger charge is 2.35. The van der Waals surface area contributed by atoms with Crippen LogP contribution in [0, 0.1) is 0 Å². The Bertz CT molecular complexity index is 905. The summed E-state index contributed by atoms with van der Waals surface area (Å²) >= 11 is 0. The second-order valence-electron chi connectivity index (χ2n) is 6.66. The van der Waals surface area contributed by atoms with Gasteiger partial charge in [-0.3, -0.25) is 0 Å². The van der Waals surface area contributed by atoms with E-state index in [1.54, 1.807) is 18.5 Å². The lowest BCUT2D eigenvalue weighted by molar-refractivity contribution is 0.0942. The number of nitrogens with zero attached hydrogens (tertiary/aromatic N) is 3. The summed E-state index contributed by atoms with van der Waals surface area (Å²) in [5.74, 6) is 0.587. The Labute approximate surface area is 158 Å². The van der Waals surface area contributed by atoms with Crippen molar-refractivity contribution in [2.75, 3.05) is 12.8 Å². The molecular weight excluding hydrogens is 368 g/mol. The molecule has 2 unspecified atom stereocenters. The fourth-order valence-corrected chi connectivity index (χ4v) is 4.31. The minimum Gasteiger partial charge on any atom is -0.465 e. The van der Waals surface area contributed by atoms with E-state index in [0.29, 0.717) is 31.6 Å². The Balaban J connectivity index is 1.88. The highest BCUT2D eigenvalue weighted by atomic mass is 32.2. The first-order chi connectivity index (χ1) is 12.8. The summed E-state index contributed by atoms with van der Waals surface area (Å²) in [6, 6.07) is 8.38. The number of hydrogen-bond acceptors (Lipinski definition) is 5. The fourth-order valence-electron chi connectivity index (χ4n) is 3.49. The Morgan fingerprint density at radius 1 is 1.30 bits per heavy atom. The van der Waals surface area contributed by atoms with Crippen molar-refractivity contribution in [3.63, 3.8) is 0 Å². The molecule has 8 nitrogen and oxygen atoms in total. The fraction of sp³-hybridized carbons (Fsp3) is 0.389. The summed E-state index contributed by atoms with van der Waals surface area (Å²) in [5.41, 5.74) is 1.73. The van der Waals surface area contributed by atoms with Gasteiger partial charge in [-0.05, 0) is 37.0 Å². The first kappa shape index (κ1) is 19.2. The molecule has 3 rings (SSSR count). The summed E-state index contributed by atoms with van der Waals surface area (Å²) < 4.78 is 26.0. The van der Waals surface area contributed by atoms with Gasteiger partial charge < -0.3 is 10.0 Å². The predicted molar refractivity (Wildman–Crippen MR) is 101 cm³/mol. The number of carboxylic acid groups (broad SMARTS) is 1. The van der Waals surface area contributed by atoms with E-state index in [1.807, 2.05) is 24.3 Å². The zero-order valence-electron chi connectivity index (χ0n) is 14.9. The second-order valence-corrected chi connectivity index (χ2v) is 8.44. The number of sulfonamides is 1. The van der Waals surface area contributed by atoms with E-state index in [9.17, 15) is 18.3 Å². The molecule has 1 aromatic carbocycles. The van der Waals surface area contributed by atoms with Gasteiger partial charge in [0.2, 0.25) is 10.0 Å². The highest BCUT2D eigenvalue weighted by Crippen LogP contribution is 2.24. The molecule has 9 heteroatoms. The van der Waals surface area contributed by atoms with E-state index in [-0.39, 0.29) is 0 Å². The highest BCUT2D eigenvalue weighted by molar-refractivity contribution is 7.88. The molecular formula is C18H22N4O4S. The van der Waals surface area contributed by atoms with Crippen LogP contribution in [0.3, 0.4) is 0 Å². The molecule has 0 spiro atoms. The number of nitrogens with one attached hydrogen (secondary N) is 1. The van der Waals surface area contributed by atoms with Crippen molar-refractivity contribution < 1.29 is 18.3 Å². The molecule has 144 valence electrons. The largest absolute Gasteiger partial charge is 0.465 e. The Morgan fingerprint density at radius 2 is 2.04 bits per heavy atom. The van der Waals surface area contributed by atoms with Crippen molar-refractivity contribution >= 4 is 16.1 Å². The number of hydrogen-bond donors (Lipinski definition) is 2. The molecule has 2 heterocycles. The summed E-state index contributed by atoms with van der Waals surface area (Å²) in [6.07, 6.45) is 5.00. The third-order valence-electron chi connectivity index (χ3n) is 4.59. The maximum Gasteiger partial charge on any atom is 0.407 e. The second kappa shape index (κ2) is 8.01. The van der Waals surface area contributed by atoms with Crippen molar-refractivity contribution in [3.8, 4) is 11.4 Å². The molecule has 1 amide bonds. The molecule has 0 bridgehead atoms. The van der Waals surface area contributed by atoms with Crippen LogP contribution >= 0.6 is 0 Å². The maximum absolute atomic E-state index is 11.7. The topological polar surface area (TPSA) is 112 Å². The van der Waals surface area contributed by atoms with Crippen LogP contribution in [0.25, 0.3) is 11.4 Å². The number of carbonyl (C=O) groups is 1. The number of piperidine rings is 1. The summed E-state index contributed by atoms with van der Waals surface area (Å²) in [6.45, 7) is 0.392. The van der Waals surface area contributed by atoms with Gasteiger partial charge >= 0.3 is 6.09 Å². The minimum atomic E-state index is -3.44. The van der Waals surface area contributed by atoms with Crippen LogP contribution in [0.15, 0.2) is 42.7 Å². The van der Waals surface area contributed by atoms with E-state index in [1.165, 1.54) is 4.90 Å². The SMILES string of the molecule is CS(=O)(=O)NC1CCCN(C(=O)O)C1Cc1cccc(-c2ncccn2)c1. The number of benzene rings is 1. The van der Waals surface area contributed by atoms with Crippen LogP contribution < -0.4 is 4.72 Å². The van der Waals surface area contributed by atoms with Crippen LogP contribution in [0.4, 0.5) is 4.79 Å². The maximum atomic E-state index is 11.7. The molecule has 0 saturated carbocycles. The van der Waals surface area contributed by atoms with Gasteiger partial charge in [-0.15, -0.1) is 0 Å². The van der Waals surface area contributed by atoms with Gasteiger partial charge in [-0.25, -0.2) is 27.9 Å². The number of rotatable bonds is 5. The van der Waals surface area contributed by atoms with Gasteiger partial charge in [-0.2, -0.15) is 0 Å². The van der Waals surface area contributed by atoms with Crippen LogP contribution in [-0.2, 0) is 16.4 Å². The Morgan fingerprint density at radius 3 is 2.70 bits per heavy atom. The van der Waals surface area contributed by atoms with Crippen LogP contribution in [0.1, 0.15) is 18.4 Å². The van der Waals surface area contributed by atoms with E-state index >= 15 is 0 Å². The molecule has 0 radical (unpaired) electrons. The summed E-state index contributed by atoms with van der Waals surface area (Å²) in [5, 5.41) is 9.56. The van der Waals surface area contributed by atoms with Crippen molar-refractivity contribution in [2.24, 2.45) is 0 Å². The van der Waals surface area contributed by atoms with Gasteiger partial charge in [0, 0.05) is 30.5 Å². The molecule has 1 saturated heterocycles. The normalized spacial score (nSPS) is 20.4. The van der Waals surface area contributed by atoms with Gasteiger partial charge in [-0.1, -0.05) is 18.2 Å². The van der Waals surface area contributed by atoms with Gasteiger partial charge in [0.15, 0.2) is 5.82 Å². The summed E-state index contributed by atoms with van der Waals surface area (Å²) in [4.78, 5) is 21.5. The summed E-state index contributed by atoms with van der Waals surface area (Å²) in [7, 11) is -3.44. The third kappa shape index (κ3) is 5.01. The molecule has 27 heavy (non-hydrogen) atoms. The average molecular weight is 390 g/mol. The number of aromatic nitrogens is 2. The van der Waals surface area contributed by atoms with Crippen LogP contribution in [0.5, 0.6) is 0 Å². The quantitative estimate of drug-likeness (QED) is 0.804. The molecule has 1 aliphatic rings. The zero-order chi connectivity index (χ0) is 19.4. The van der Waals surface area contributed by atoms with Gasteiger partial charge in [0.05, 0.1) is 12.3 Å². The van der Waals surface area contributed by atoms with E-state index < -0.39 is 28.2 Å². The molecule has 2 aromatic rings. The standard InChI is InChI=1S/C18H22N4O4S/c1-27(25,26)21-15-7-3-10-22(18(23)24)16(15)12-13-5-2-6-14(11-13)17-19-8-4-9-20-17/h2,4-6,8-9,11,15-16,21H,3,7,10,12H2,1H3,(H,23,24). The third-order valence-corrected chi connectivity index (χ3v) is 5.32. The predicted octanol–water partition coefficient (Wildman–Crippen LogP) is 1.75. The van der Waals surface area contributed by atoms with Crippen molar-refractivity contribution in [2.45, 2.75) is 31.3 Å². The molecule has 1 fully saturated rings. The van der Waals surface area contributed by atoms with Gasteiger partial charge in [0.25, 0.3) is 0 Å². The molecule has 2 N–H and O–H groups in total. The lowest BCUT2D eigenvalue weighted by Gasteiger charge is -2.39.